The molecule has 8 nitrogen and oxygen atoms in total. The lowest BCUT2D eigenvalue weighted by Crippen LogP contribution is -2.49. The zero-order chi connectivity index (χ0) is 26.0. The number of pyridine rings is 1. The average molecular weight is 494 g/mol. The molecule has 0 spiro atoms. The van der Waals surface area contributed by atoms with E-state index in [1.165, 1.54) is 37.4 Å². The number of hydrogen-bond acceptors (Lipinski definition) is 7. The van der Waals surface area contributed by atoms with Gasteiger partial charge in [0, 0.05) is 30.8 Å². The first-order valence-corrected chi connectivity index (χ1v) is 11.2. The number of aliphatic hydroxyl groups is 1. The van der Waals surface area contributed by atoms with Crippen LogP contribution in [0.2, 0.25) is 0 Å². The quantitative estimate of drug-likeness (QED) is 0.474. The van der Waals surface area contributed by atoms with Gasteiger partial charge in [0.25, 0.3) is 0 Å². The number of halogens is 2. The Bertz CT molecular complexity index is 1360. The Morgan fingerprint density at radius 3 is 2.39 bits per heavy atom. The zero-order valence-electron chi connectivity index (χ0n) is 19.5. The predicted molar refractivity (Wildman–Crippen MR) is 129 cm³/mol. The number of carboxylic acids is 1. The number of methoxy groups -OCH3 is 1. The fourth-order valence-electron chi connectivity index (χ4n) is 4.29. The lowest BCUT2D eigenvalue weighted by molar-refractivity contribution is 0.0248. The molecule has 10 heteroatoms. The van der Waals surface area contributed by atoms with Crippen LogP contribution in [0.4, 0.5) is 14.6 Å². The predicted octanol–water partition coefficient (Wildman–Crippen LogP) is 3.56. The van der Waals surface area contributed by atoms with Crippen molar-refractivity contribution < 1.29 is 28.5 Å². The van der Waals surface area contributed by atoms with Crippen molar-refractivity contribution in [3.63, 3.8) is 0 Å². The molecular weight excluding hydrogens is 470 g/mol. The molecule has 1 saturated heterocycles. The molecule has 3 aromatic rings. The molecular formula is C26H24F2N4O4. The van der Waals surface area contributed by atoms with Crippen LogP contribution in [-0.2, 0) is 0 Å². The Balaban J connectivity index is 1.94. The van der Waals surface area contributed by atoms with Gasteiger partial charge in [0.05, 0.1) is 29.5 Å². The molecule has 2 heterocycles. The Kier molecular flexibility index (Phi) is 6.88. The van der Waals surface area contributed by atoms with Gasteiger partial charge in [0.2, 0.25) is 0 Å². The first kappa shape index (κ1) is 25.0. The maximum Gasteiger partial charge on any atom is 0.336 e. The number of benzene rings is 2. The summed E-state index contributed by atoms with van der Waals surface area (Å²) in [5, 5.41) is 29.7. The second-order valence-corrected chi connectivity index (χ2v) is 8.63. The van der Waals surface area contributed by atoms with Crippen LogP contribution in [0.3, 0.4) is 0 Å². The van der Waals surface area contributed by atoms with Gasteiger partial charge in [-0.1, -0.05) is 12.1 Å². The fraction of sp³-hybridized carbons (Fsp3) is 0.269. The molecule has 0 saturated carbocycles. The average Bonchev–Trinajstić information content (AvgIpc) is 2.88. The number of hydrogen-bond donors (Lipinski definition) is 3. The van der Waals surface area contributed by atoms with Gasteiger partial charge in [-0.2, -0.15) is 5.26 Å². The SMILES string of the molecule is COc1ccc(-c2c(C(=O)O)cc(N3CCC(O)(CN)CC3)nc2-c2ccc(C#N)c(F)c2)cc1F. The third kappa shape index (κ3) is 4.71. The van der Waals surface area contributed by atoms with E-state index in [0.29, 0.717) is 31.7 Å². The fourth-order valence-corrected chi connectivity index (χ4v) is 4.29. The minimum Gasteiger partial charge on any atom is -0.494 e. The molecule has 2 aromatic carbocycles. The van der Waals surface area contributed by atoms with Gasteiger partial charge in [0.1, 0.15) is 17.7 Å². The molecule has 0 amide bonds. The number of anilines is 1. The Morgan fingerprint density at radius 2 is 1.83 bits per heavy atom. The number of carboxylic acid groups (broad SMARTS) is 1. The Labute approximate surface area is 206 Å². The van der Waals surface area contributed by atoms with Gasteiger partial charge in [-0.05, 0) is 48.7 Å². The van der Waals surface area contributed by atoms with E-state index in [0.717, 1.165) is 12.1 Å². The van der Waals surface area contributed by atoms with Gasteiger partial charge in [0.15, 0.2) is 11.6 Å². The third-order valence-corrected chi connectivity index (χ3v) is 6.44. The van der Waals surface area contributed by atoms with Crippen LogP contribution >= 0.6 is 0 Å². The van der Waals surface area contributed by atoms with E-state index in [4.69, 9.17) is 15.7 Å². The van der Waals surface area contributed by atoms with Crippen molar-refractivity contribution in [2.75, 3.05) is 31.6 Å². The van der Waals surface area contributed by atoms with Gasteiger partial charge in [-0.25, -0.2) is 18.6 Å². The van der Waals surface area contributed by atoms with Crippen molar-refractivity contribution in [1.29, 1.82) is 5.26 Å². The van der Waals surface area contributed by atoms with Gasteiger partial charge >= 0.3 is 5.97 Å². The summed E-state index contributed by atoms with van der Waals surface area (Å²) in [7, 11) is 1.31. The summed E-state index contributed by atoms with van der Waals surface area (Å²) in [6.45, 7) is 0.848. The summed E-state index contributed by atoms with van der Waals surface area (Å²) in [6, 6.07) is 11.0. The van der Waals surface area contributed by atoms with Crippen molar-refractivity contribution in [2.45, 2.75) is 18.4 Å². The molecule has 4 rings (SSSR count). The van der Waals surface area contributed by atoms with E-state index in [1.54, 1.807) is 6.07 Å². The van der Waals surface area contributed by atoms with Crippen LogP contribution in [0, 0.1) is 23.0 Å². The number of rotatable bonds is 6. The minimum absolute atomic E-state index is 0.0214. The Morgan fingerprint density at radius 1 is 1.17 bits per heavy atom. The largest absolute Gasteiger partial charge is 0.494 e. The lowest BCUT2D eigenvalue weighted by Gasteiger charge is -2.38. The summed E-state index contributed by atoms with van der Waals surface area (Å²) in [5.74, 6) is -2.49. The van der Waals surface area contributed by atoms with Gasteiger partial charge < -0.3 is 25.6 Å². The summed E-state index contributed by atoms with van der Waals surface area (Å²) in [4.78, 5) is 18.9. The van der Waals surface area contributed by atoms with E-state index in [-0.39, 0.29) is 45.8 Å². The highest BCUT2D eigenvalue weighted by molar-refractivity contribution is 6.01. The first-order valence-electron chi connectivity index (χ1n) is 11.2. The van der Waals surface area contributed by atoms with Crippen LogP contribution in [-0.4, -0.2) is 53.5 Å². The number of carbonyl (C=O) groups is 1. The van der Waals surface area contributed by atoms with Crippen molar-refractivity contribution in [3.8, 4) is 34.2 Å². The maximum absolute atomic E-state index is 14.6. The van der Waals surface area contributed by atoms with E-state index < -0.39 is 23.2 Å². The maximum atomic E-state index is 14.6. The van der Waals surface area contributed by atoms with Crippen LogP contribution in [0.25, 0.3) is 22.4 Å². The van der Waals surface area contributed by atoms with E-state index >= 15 is 0 Å². The van der Waals surface area contributed by atoms with Crippen molar-refractivity contribution in [3.05, 3.63) is 65.2 Å². The molecule has 186 valence electrons. The number of nitrogens with zero attached hydrogens (tertiary/aromatic N) is 3. The molecule has 36 heavy (non-hydrogen) atoms. The monoisotopic (exact) mass is 494 g/mol. The molecule has 1 fully saturated rings. The molecule has 4 N–H and O–H groups in total. The molecule has 1 aliphatic rings. The summed E-state index contributed by atoms with van der Waals surface area (Å²) < 4.78 is 34.2. The molecule has 0 bridgehead atoms. The topological polar surface area (TPSA) is 133 Å². The number of aromatic carboxylic acids is 1. The summed E-state index contributed by atoms with van der Waals surface area (Å²) in [6.07, 6.45) is 0.722. The second-order valence-electron chi connectivity index (χ2n) is 8.63. The molecule has 0 unspecified atom stereocenters. The standard InChI is InChI=1S/C26H24F2N4O4/c1-36-21-5-4-15(10-20(21)28)23-18(25(33)34)12-22(32-8-6-26(35,14-30)7-9-32)31-24(23)16-2-3-17(13-29)19(27)11-16/h2-5,10-12,35H,6-9,14,30H2,1H3,(H,33,34). The summed E-state index contributed by atoms with van der Waals surface area (Å²) >= 11 is 0. The van der Waals surface area contributed by atoms with E-state index in [2.05, 4.69) is 4.98 Å². The molecule has 0 radical (unpaired) electrons. The second kappa shape index (κ2) is 9.89. The van der Waals surface area contributed by atoms with Crippen molar-refractivity contribution >= 4 is 11.8 Å². The third-order valence-electron chi connectivity index (χ3n) is 6.44. The Hall–Kier alpha value is -4.07. The van der Waals surface area contributed by atoms with E-state index in [1.807, 2.05) is 4.90 Å². The van der Waals surface area contributed by atoms with E-state index in [9.17, 15) is 23.8 Å². The van der Waals surface area contributed by atoms with Gasteiger partial charge in [-0.3, -0.25) is 0 Å². The van der Waals surface area contributed by atoms with Crippen LogP contribution in [0.1, 0.15) is 28.8 Å². The number of ether oxygens (including phenoxy) is 1. The van der Waals surface area contributed by atoms with Crippen LogP contribution in [0.5, 0.6) is 5.75 Å². The normalized spacial score (nSPS) is 14.8. The summed E-state index contributed by atoms with van der Waals surface area (Å²) in [5.41, 5.74) is 4.96. The number of piperidine rings is 1. The number of aromatic nitrogens is 1. The molecule has 1 aliphatic heterocycles. The van der Waals surface area contributed by atoms with Crippen LogP contribution in [0.15, 0.2) is 42.5 Å². The van der Waals surface area contributed by atoms with Crippen molar-refractivity contribution in [2.24, 2.45) is 5.73 Å². The zero-order valence-corrected chi connectivity index (χ0v) is 19.5. The number of nitrogens with two attached hydrogens (primary N) is 1. The molecule has 1 aromatic heterocycles. The van der Waals surface area contributed by atoms with Gasteiger partial charge in [-0.15, -0.1) is 0 Å². The number of nitriles is 1. The minimum atomic E-state index is -1.28. The highest BCUT2D eigenvalue weighted by Gasteiger charge is 2.32. The lowest BCUT2D eigenvalue weighted by atomic mass is 9.91. The smallest absolute Gasteiger partial charge is 0.336 e. The molecule has 0 aliphatic carbocycles. The highest BCUT2D eigenvalue weighted by atomic mass is 19.1. The van der Waals surface area contributed by atoms with Crippen LogP contribution < -0.4 is 15.4 Å². The first-order chi connectivity index (χ1) is 17.2. The highest BCUT2D eigenvalue weighted by Crippen LogP contribution is 2.39. The molecule has 0 atom stereocenters. The van der Waals surface area contributed by atoms with Crippen molar-refractivity contribution in [1.82, 2.24) is 4.98 Å².